The first kappa shape index (κ1) is 18.6. The molecule has 1 heterocycles. The van der Waals surface area contributed by atoms with Gasteiger partial charge in [0.1, 0.15) is 6.04 Å². The van der Waals surface area contributed by atoms with Crippen molar-refractivity contribution < 1.29 is 14.4 Å². The van der Waals surface area contributed by atoms with E-state index in [-0.39, 0.29) is 17.6 Å². The first-order chi connectivity index (χ1) is 12.8. The summed E-state index contributed by atoms with van der Waals surface area (Å²) in [7, 11) is 0. The second-order valence-electron chi connectivity index (χ2n) is 6.75. The van der Waals surface area contributed by atoms with Crippen LogP contribution in [-0.2, 0) is 16.0 Å². The van der Waals surface area contributed by atoms with Gasteiger partial charge in [-0.3, -0.25) is 14.4 Å². The number of hydrogen-bond acceptors (Lipinski definition) is 4. The lowest BCUT2D eigenvalue weighted by Crippen LogP contribution is -2.31. The fourth-order valence-electron chi connectivity index (χ4n) is 3.17. The number of rotatable bonds is 5. The summed E-state index contributed by atoms with van der Waals surface area (Å²) in [5.74, 6) is -0.141. The van der Waals surface area contributed by atoms with Gasteiger partial charge in [0.2, 0.25) is 11.8 Å². The third-order valence-corrected chi connectivity index (χ3v) is 4.69. The van der Waals surface area contributed by atoms with E-state index in [1.807, 2.05) is 18.2 Å². The van der Waals surface area contributed by atoms with Crippen LogP contribution in [0.3, 0.4) is 0 Å². The molecule has 0 saturated carbocycles. The van der Waals surface area contributed by atoms with Gasteiger partial charge in [-0.05, 0) is 68.3 Å². The average molecular weight is 365 g/mol. The summed E-state index contributed by atoms with van der Waals surface area (Å²) >= 11 is 0. The summed E-state index contributed by atoms with van der Waals surface area (Å²) in [4.78, 5) is 37.1. The van der Waals surface area contributed by atoms with Gasteiger partial charge < -0.3 is 15.5 Å². The smallest absolute Gasteiger partial charge is 0.246 e. The Bertz CT molecular complexity index is 890. The van der Waals surface area contributed by atoms with Crippen molar-refractivity contribution in [3.05, 3.63) is 53.6 Å². The molecule has 6 heteroatoms. The van der Waals surface area contributed by atoms with Crippen LogP contribution in [0.2, 0.25) is 0 Å². The van der Waals surface area contributed by atoms with Gasteiger partial charge >= 0.3 is 0 Å². The van der Waals surface area contributed by atoms with Gasteiger partial charge in [-0.1, -0.05) is 0 Å². The third kappa shape index (κ3) is 4.16. The lowest BCUT2D eigenvalue weighted by atomic mass is 10.1. The molecular weight excluding hydrogens is 342 g/mol. The Labute approximate surface area is 158 Å². The Hall–Kier alpha value is -3.15. The number of Topliss-reactive ketones (excluding diaryl/α,β-unsaturated/α-hetero) is 1. The molecule has 1 unspecified atom stereocenters. The standard InChI is InChI=1S/C21H23N3O3/c1-13(21(27)23-18-6-4-16(5-7-18)14(2)25)22-19-8-9-20-17(12-19)10-11-24(20)15(3)26/h4-9,12-13,22H,10-11H2,1-3H3,(H,23,27). The first-order valence-electron chi connectivity index (χ1n) is 8.94. The molecule has 2 N–H and O–H groups in total. The van der Waals surface area contributed by atoms with E-state index >= 15 is 0 Å². The van der Waals surface area contributed by atoms with Crippen LogP contribution in [0.15, 0.2) is 42.5 Å². The topological polar surface area (TPSA) is 78.5 Å². The van der Waals surface area contributed by atoms with Gasteiger partial charge in [-0.25, -0.2) is 0 Å². The molecule has 0 saturated heterocycles. The number of nitrogens with one attached hydrogen (secondary N) is 2. The molecule has 2 amide bonds. The van der Waals surface area contributed by atoms with Crippen LogP contribution in [0.4, 0.5) is 17.1 Å². The lowest BCUT2D eigenvalue weighted by Gasteiger charge is -2.18. The van der Waals surface area contributed by atoms with Crippen molar-refractivity contribution in [2.24, 2.45) is 0 Å². The van der Waals surface area contributed by atoms with Crippen LogP contribution in [0.5, 0.6) is 0 Å². The number of fused-ring (bicyclic) bond motifs is 1. The van der Waals surface area contributed by atoms with Gasteiger partial charge in [0.25, 0.3) is 0 Å². The van der Waals surface area contributed by atoms with Crippen LogP contribution >= 0.6 is 0 Å². The van der Waals surface area contributed by atoms with E-state index in [1.54, 1.807) is 43.0 Å². The zero-order chi connectivity index (χ0) is 19.6. The molecule has 0 fully saturated rings. The molecule has 6 nitrogen and oxygen atoms in total. The van der Waals surface area contributed by atoms with Crippen molar-refractivity contribution in [2.45, 2.75) is 33.2 Å². The molecular formula is C21H23N3O3. The minimum atomic E-state index is -0.444. The van der Waals surface area contributed by atoms with E-state index in [2.05, 4.69) is 10.6 Å². The minimum Gasteiger partial charge on any atom is -0.374 e. The quantitative estimate of drug-likeness (QED) is 0.798. The van der Waals surface area contributed by atoms with E-state index < -0.39 is 6.04 Å². The number of hydrogen-bond donors (Lipinski definition) is 2. The third-order valence-electron chi connectivity index (χ3n) is 4.69. The molecule has 1 aliphatic heterocycles. The van der Waals surface area contributed by atoms with Crippen LogP contribution < -0.4 is 15.5 Å². The van der Waals surface area contributed by atoms with Crippen LogP contribution in [0, 0.1) is 0 Å². The number of ketones is 1. The molecule has 140 valence electrons. The highest BCUT2D eigenvalue weighted by Gasteiger charge is 2.22. The van der Waals surface area contributed by atoms with Gasteiger partial charge in [0.05, 0.1) is 0 Å². The van der Waals surface area contributed by atoms with Gasteiger partial charge in [0, 0.05) is 36.1 Å². The highest BCUT2D eigenvalue weighted by Crippen LogP contribution is 2.30. The molecule has 0 radical (unpaired) electrons. The molecule has 3 rings (SSSR count). The fraction of sp³-hybridized carbons (Fsp3) is 0.286. The summed E-state index contributed by atoms with van der Waals surface area (Å²) in [6.07, 6.45) is 0.813. The van der Waals surface area contributed by atoms with Crippen molar-refractivity contribution in [3.63, 3.8) is 0 Å². The Balaban J connectivity index is 1.63. The molecule has 0 aromatic heterocycles. The molecule has 27 heavy (non-hydrogen) atoms. The Morgan fingerprint density at radius 3 is 2.30 bits per heavy atom. The lowest BCUT2D eigenvalue weighted by molar-refractivity contribution is -0.117. The number of carbonyl (C=O) groups is 3. The second-order valence-corrected chi connectivity index (χ2v) is 6.75. The maximum absolute atomic E-state index is 12.4. The van der Waals surface area contributed by atoms with Crippen LogP contribution in [0.25, 0.3) is 0 Å². The molecule has 0 bridgehead atoms. The molecule has 1 atom stereocenters. The molecule has 2 aromatic carbocycles. The maximum atomic E-state index is 12.4. The van der Waals surface area contributed by atoms with E-state index in [9.17, 15) is 14.4 Å². The zero-order valence-corrected chi connectivity index (χ0v) is 15.7. The predicted octanol–water partition coefficient (Wildman–Crippen LogP) is 3.24. The van der Waals surface area contributed by atoms with Crippen molar-refractivity contribution in [2.75, 3.05) is 22.1 Å². The number of anilines is 3. The van der Waals surface area contributed by atoms with E-state index in [1.165, 1.54) is 6.92 Å². The minimum absolute atomic E-state index is 0.0112. The Morgan fingerprint density at radius 2 is 1.67 bits per heavy atom. The fourth-order valence-corrected chi connectivity index (χ4v) is 3.17. The van der Waals surface area contributed by atoms with Gasteiger partial charge in [-0.15, -0.1) is 0 Å². The maximum Gasteiger partial charge on any atom is 0.246 e. The zero-order valence-electron chi connectivity index (χ0n) is 15.7. The van der Waals surface area contributed by atoms with Gasteiger partial charge in [0.15, 0.2) is 5.78 Å². The van der Waals surface area contributed by atoms with Crippen molar-refractivity contribution in [3.8, 4) is 0 Å². The largest absolute Gasteiger partial charge is 0.374 e. The molecule has 2 aromatic rings. The SMILES string of the molecule is CC(=O)c1ccc(NC(=O)C(C)Nc2ccc3c(c2)CCN3C(C)=O)cc1. The monoisotopic (exact) mass is 365 g/mol. The summed E-state index contributed by atoms with van der Waals surface area (Å²) in [6.45, 7) is 5.55. The van der Waals surface area contributed by atoms with E-state index in [4.69, 9.17) is 0 Å². The van der Waals surface area contributed by atoms with Crippen molar-refractivity contribution in [1.82, 2.24) is 0 Å². The van der Waals surface area contributed by atoms with Crippen LogP contribution in [0.1, 0.15) is 36.7 Å². The predicted molar refractivity (Wildman–Crippen MR) is 106 cm³/mol. The normalized spacial score (nSPS) is 13.7. The van der Waals surface area contributed by atoms with E-state index in [0.29, 0.717) is 17.8 Å². The van der Waals surface area contributed by atoms with Crippen LogP contribution in [-0.4, -0.2) is 30.2 Å². The number of nitrogens with zero attached hydrogens (tertiary/aromatic N) is 1. The van der Waals surface area contributed by atoms with Gasteiger partial charge in [-0.2, -0.15) is 0 Å². The highest BCUT2D eigenvalue weighted by atomic mass is 16.2. The van der Waals surface area contributed by atoms with Crippen molar-refractivity contribution in [1.29, 1.82) is 0 Å². The molecule has 1 aliphatic rings. The first-order valence-corrected chi connectivity index (χ1v) is 8.94. The summed E-state index contributed by atoms with van der Waals surface area (Å²) in [5, 5.41) is 6.03. The highest BCUT2D eigenvalue weighted by molar-refractivity contribution is 5.98. The molecule has 0 spiro atoms. The average Bonchev–Trinajstić information content (AvgIpc) is 3.05. The number of carbonyl (C=O) groups excluding carboxylic acids is 3. The molecule has 0 aliphatic carbocycles. The summed E-state index contributed by atoms with van der Waals surface area (Å²) in [6, 6.07) is 12.2. The Kier molecular flexibility index (Phi) is 5.26. The summed E-state index contributed by atoms with van der Waals surface area (Å²) in [5.41, 5.74) is 4.13. The number of benzene rings is 2. The van der Waals surface area contributed by atoms with Crippen molar-refractivity contribution >= 4 is 34.7 Å². The number of amides is 2. The Morgan fingerprint density at radius 1 is 1.00 bits per heavy atom. The second kappa shape index (κ2) is 7.61. The van der Waals surface area contributed by atoms with E-state index in [0.717, 1.165) is 23.4 Å². The summed E-state index contributed by atoms with van der Waals surface area (Å²) < 4.78 is 0.